The molecule has 2 aromatic rings. The summed E-state index contributed by atoms with van der Waals surface area (Å²) in [6.45, 7) is -0.266. The van der Waals surface area contributed by atoms with Gasteiger partial charge in [0.05, 0.1) is 17.7 Å². The van der Waals surface area contributed by atoms with Crippen LogP contribution in [0.5, 0.6) is 5.75 Å². The molecule has 2 aliphatic rings. The second-order valence-electron chi connectivity index (χ2n) is 7.88. The van der Waals surface area contributed by atoms with Crippen LogP contribution in [0, 0.1) is 11.8 Å². The van der Waals surface area contributed by atoms with Gasteiger partial charge in [-0.1, -0.05) is 30.7 Å². The number of nitrogens with one attached hydrogen (secondary N) is 1. The van der Waals surface area contributed by atoms with Crippen molar-refractivity contribution in [2.45, 2.75) is 36.6 Å². The minimum Gasteiger partial charge on any atom is -0.497 e. The van der Waals surface area contributed by atoms with Gasteiger partial charge in [0, 0.05) is 12.1 Å². The fourth-order valence-corrected chi connectivity index (χ4v) is 6.04. The van der Waals surface area contributed by atoms with E-state index in [9.17, 15) is 13.2 Å². The average Bonchev–Trinajstić information content (AvgIpc) is 3.36. The van der Waals surface area contributed by atoms with Crippen molar-refractivity contribution in [1.82, 2.24) is 5.32 Å². The highest BCUT2D eigenvalue weighted by atomic mass is 32.2. The third-order valence-electron chi connectivity index (χ3n) is 6.04. The van der Waals surface area contributed by atoms with Crippen LogP contribution >= 0.6 is 0 Å². The largest absolute Gasteiger partial charge is 0.497 e. The van der Waals surface area contributed by atoms with Gasteiger partial charge >= 0.3 is 0 Å². The van der Waals surface area contributed by atoms with Crippen LogP contribution in [0.1, 0.15) is 25.7 Å². The molecule has 6 nitrogen and oxygen atoms in total. The Hall–Kier alpha value is -2.54. The van der Waals surface area contributed by atoms with Gasteiger partial charge in [-0.15, -0.1) is 0 Å². The summed E-state index contributed by atoms with van der Waals surface area (Å²) in [7, 11) is -2.38. The van der Waals surface area contributed by atoms with Crippen LogP contribution in [0.2, 0.25) is 0 Å². The van der Waals surface area contributed by atoms with E-state index in [1.165, 1.54) is 32.1 Å². The molecule has 0 unspecified atom stereocenters. The van der Waals surface area contributed by atoms with E-state index < -0.39 is 10.0 Å². The molecule has 1 amide bonds. The van der Waals surface area contributed by atoms with Crippen molar-refractivity contribution in [1.29, 1.82) is 0 Å². The molecule has 1 N–H and O–H groups in total. The van der Waals surface area contributed by atoms with E-state index in [-0.39, 0.29) is 23.4 Å². The number of fused-ring (bicyclic) bond motifs is 2. The summed E-state index contributed by atoms with van der Waals surface area (Å²) in [5.41, 5.74) is 0.399. The first kappa shape index (κ1) is 19.8. The molecule has 2 saturated carbocycles. The monoisotopic (exact) mass is 414 g/mol. The van der Waals surface area contributed by atoms with Crippen molar-refractivity contribution < 1.29 is 17.9 Å². The van der Waals surface area contributed by atoms with E-state index in [0.29, 0.717) is 23.3 Å². The maximum Gasteiger partial charge on any atom is 0.264 e. The first-order chi connectivity index (χ1) is 14.0. The molecule has 0 radical (unpaired) electrons. The van der Waals surface area contributed by atoms with E-state index in [1.807, 2.05) is 0 Å². The molecule has 2 aliphatic carbocycles. The van der Waals surface area contributed by atoms with Gasteiger partial charge in [-0.3, -0.25) is 9.10 Å². The Balaban J connectivity index is 1.60. The Morgan fingerprint density at radius 1 is 1.10 bits per heavy atom. The van der Waals surface area contributed by atoms with Gasteiger partial charge in [-0.25, -0.2) is 8.42 Å². The van der Waals surface area contributed by atoms with E-state index >= 15 is 0 Å². The summed E-state index contributed by atoms with van der Waals surface area (Å²) in [5, 5.41) is 3.09. The number of anilines is 1. The summed E-state index contributed by atoms with van der Waals surface area (Å²) in [4.78, 5) is 13.0. The summed E-state index contributed by atoms with van der Waals surface area (Å²) in [6.07, 6.45) is 4.57. The zero-order valence-electron chi connectivity index (χ0n) is 16.5. The molecule has 154 valence electrons. The molecule has 2 aromatic carbocycles. The summed E-state index contributed by atoms with van der Waals surface area (Å²) < 4.78 is 33.1. The van der Waals surface area contributed by atoms with Gasteiger partial charge in [-0.2, -0.15) is 0 Å². The molecule has 29 heavy (non-hydrogen) atoms. The van der Waals surface area contributed by atoms with Crippen molar-refractivity contribution in [2.24, 2.45) is 11.8 Å². The van der Waals surface area contributed by atoms with Crippen molar-refractivity contribution >= 4 is 21.6 Å². The molecule has 4 rings (SSSR count). The van der Waals surface area contributed by atoms with Crippen molar-refractivity contribution in [3.63, 3.8) is 0 Å². The molecule has 7 heteroatoms. The smallest absolute Gasteiger partial charge is 0.264 e. The lowest BCUT2D eigenvalue weighted by molar-refractivity contribution is -0.120. The molecule has 0 saturated heterocycles. The SMILES string of the molecule is COc1cccc(N(CC(=O)N[C@@H]2C[C@H]3CC[C@H]2C3)S(=O)(=O)c2ccccc2)c1. The highest BCUT2D eigenvalue weighted by Crippen LogP contribution is 2.44. The van der Waals surface area contributed by atoms with Gasteiger partial charge in [-0.05, 0) is 55.4 Å². The van der Waals surface area contributed by atoms with E-state index in [0.717, 1.165) is 17.1 Å². The second-order valence-corrected chi connectivity index (χ2v) is 9.74. The quantitative estimate of drug-likeness (QED) is 0.755. The number of rotatable bonds is 7. The normalized spacial score (nSPS) is 23.0. The van der Waals surface area contributed by atoms with E-state index in [1.54, 1.807) is 42.5 Å². The third-order valence-corrected chi connectivity index (χ3v) is 7.83. The lowest BCUT2D eigenvalue weighted by Gasteiger charge is -2.27. The van der Waals surface area contributed by atoms with Gasteiger partial charge in [0.15, 0.2) is 0 Å². The average molecular weight is 415 g/mol. The third kappa shape index (κ3) is 4.10. The molecule has 0 heterocycles. The Labute approximate surface area is 171 Å². The van der Waals surface area contributed by atoms with Crippen LogP contribution in [-0.2, 0) is 14.8 Å². The number of sulfonamides is 1. The summed E-state index contributed by atoms with van der Waals surface area (Å²) in [6, 6.07) is 15.1. The van der Waals surface area contributed by atoms with Crippen molar-refractivity contribution in [3.05, 3.63) is 54.6 Å². The molecule has 0 aliphatic heterocycles. The molecular formula is C22H26N2O4S. The number of benzene rings is 2. The van der Waals surface area contributed by atoms with Gasteiger partial charge < -0.3 is 10.1 Å². The van der Waals surface area contributed by atoms with Crippen LogP contribution < -0.4 is 14.4 Å². The van der Waals surface area contributed by atoms with E-state index in [4.69, 9.17) is 4.74 Å². The fourth-order valence-electron chi connectivity index (χ4n) is 4.60. The first-order valence-corrected chi connectivity index (χ1v) is 11.4. The number of carbonyl (C=O) groups excluding carboxylic acids is 1. The molecule has 0 aromatic heterocycles. The predicted octanol–water partition coefficient (Wildman–Crippen LogP) is 3.20. The number of hydrogen-bond donors (Lipinski definition) is 1. The maximum atomic E-state index is 13.3. The number of methoxy groups -OCH3 is 1. The van der Waals surface area contributed by atoms with Crippen molar-refractivity contribution in [3.8, 4) is 5.75 Å². The number of ether oxygens (including phenoxy) is 1. The highest BCUT2D eigenvalue weighted by molar-refractivity contribution is 7.92. The second kappa shape index (κ2) is 8.06. The topological polar surface area (TPSA) is 75.7 Å². The van der Waals surface area contributed by atoms with Gasteiger partial charge in [0.2, 0.25) is 5.91 Å². The van der Waals surface area contributed by atoms with Crippen molar-refractivity contribution in [2.75, 3.05) is 18.0 Å². The fraction of sp³-hybridized carbons (Fsp3) is 0.409. The molecule has 2 bridgehead atoms. The standard InChI is InChI=1S/C22H26N2O4S/c1-28-19-7-5-6-18(14-19)24(29(26,27)20-8-3-2-4-9-20)15-22(25)23-21-13-16-10-11-17(21)12-16/h2-9,14,16-17,21H,10-13,15H2,1H3,(H,23,25)/t16-,17-,21+/m0/s1. The van der Waals surface area contributed by atoms with E-state index in [2.05, 4.69) is 5.32 Å². The lowest BCUT2D eigenvalue weighted by Crippen LogP contribution is -2.46. The Kier molecular flexibility index (Phi) is 5.50. The van der Waals surface area contributed by atoms with Crippen LogP contribution in [-0.4, -0.2) is 34.0 Å². The van der Waals surface area contributed by atoms with Gasteiger partial charge in [0.1, 0.15) is 12.3 Å². The zero-order chi connectivity index (χ0) is 20.4. The predicted molar refractivity (Wildman–Crippen MR) is 111 cm³/mol. The molecule has 3 atom stereocenters. The lowest BCUT2D eigenvalue weighted by atomic mass is 9.95. The Morgan fingerprint density at radius 3 is 2.55 bits per heavy atom. The van der Waals surface area contributed by atoms with Crippen LogP contribution in [0.25, 0.3) is 0 Å². The summed E-state index contributed by atoms with van der Waals surface area (Å²) >= 11 is 0. The summed E-state index contributed by atoms with van der Waals surface area (Å²) in [5.74, 6) is 1.49. The number of carbonyl (C=O) groups is 1. The van der Waals surface area contributed by atoms with Gasteiger partial charge in [0.25, 0.3) is 10.0 Å². The first-order valence-electron chi connectivity index (χ1n) is 9.98. The number of hydrogen-bond acceptors (Lipinski definition) is 4. The maximum absolute atomic E-state index is 13.3. The van der Waals surface area contributed by atoms with Crippen LogP contribution in [0.4, 0.5) is 5.69 Å². The van der Waals surface area contributed by atoms with Crippen LogP contribution in [0.3, 0.4) is 0 Å². The molecular weight excluding hydrogens is 388 g/mol. The number of amides is 1. The minimum absolute atomic E-state index is 0.149. The molecule has 2 fully saturated rings. The zero-order valence-corrected chi connectivity index (χ0v) is 17.3. The Morgan fingerprint density at radius 2 is 1.90 bits per heavy atom. The van der Waals surface area contributed by atoms with Crippen LogP contribution in [0.15, 0.2) is 59.5 Å². The molecule has 0 spiro atoms. The Bertz CT molecular complexity index is 977. The highest BCUT2D eigenvalue weighted by Gasteiger charge is 2.40. The number of nitrogens with zero attached hydrogens (tertiary/aromatic N) is 1. The minimum atomic E-state index is -3.90.